The quantitative estimate of drug-likeness (QED) is 0.584. The van der Waals surface area contributed by atoms with Crippen molar-refractivity contribution in [1.29, 1.82) is 0 Å². The molecule has 0 fully saturated rings. The largest absolute Gasteiger partial charge is 0.306 e. The molecule has 120 valence electrons. The van der Waals surface area contributed by atoms with Crippen LogP contribution >= 0.6 is 11.3 Å². The van der Waals surface area contributed by atoms with Crippen LogP contribution < -0.4 is 5.32 Å². The van der Waals surface area contributed by atoms with E-state index in [2.05, 4.69) is 43.7 Å². The highest BCUT2D eigenvalue weighted by molar-refractivity contribution is 7.22. The Bertz CT molecular complexity index is 958. The second-order valence-electron chi connectivity index (χ2n) is 5.64. The summed E-state index contributed by atoms with van der Waals surface area (Å²) in [6.07, 6.45) is 3.77. The van der Waals surface area contributed by atoms with Crippen LogP contribution in [-0.2, 0) is 13.1 Å². The van der Waals surface area contributed by atoms with Gasteiger partial charge in [0, 0.05) is 28.9 Å². The summed E-state index contributed by atoms with van der Waals surface area (Å²) in [6, 6.07) is 12.4. The molecule has 0 aliphatic carbocycles. The molecule has 5 nitrogen and oxygen atoms in total. The molecule has 1 aromatic carbocycles. The molecule has 0 unspecified atom stereocenters. The maximum atomic E-state index is 4.67. The molecule has 3 heterocycles. The third kappa shape index (κ3) is 3.06. The molecule has 0 spiro atoms. The van der Waals surface area contributed by atoms with Gasteiger partial charge in [0.05, 0.1) is 23.0 Å². The molecule has 0 saturated heterocycles. The zero-order valence-corrected chi connectivity index (χ0v) is 14.1. The topological polar surface area (TPSA) is 66.5 Å². The van der Waals surface area contributed by atoms with Gasteiger partial charge >= 0.3 is 0 Å². The van der Waals surface area contributed by atoms with E-state index in [9.17, 15) is 0 Å². The van der Waals surface area contributed by atoms with Gasteiger partial charge in [-0.1, -0.05) is 30.3 Å². The number of aromatic amines is 1. The van der Waals surface area contributed by atoms with E-state index < -0.39 is 0 Å². The van der Waals surface area contributed by atoms with Crippen LogP contribution in [0.1, 0.15) is 17.1 Å². The van der Waals surface area contributed by atoms with Crippen LogP contribution in [0.15, 0.2) is 48.8 Å². The Labute approximate surface area is 143 Å². The van der Waals surface area contributed by atoms with Crippen molar-refractivity contribution < 1.29 is 0 Å². The predicted octanol–water partition coefficient (Wildman–Crippen LogP) is 3.68. The fourth-order valence-electron chi connectivity index (χ4n) is 2.61. The van der Waals surface area contributed by atoms with Gasteiger partial charge in [0.1, 0.15) is 5.82 Å². The van der Waals surface area contributed by atoms with Gasteiger partial charge in [-0.2, -0.15) is 5.10 Å². The maximum Gasteiger partial charge on any atom is 0.142 e. The summed E-state index contributed by atoms with van der Waals surface area (Å²) < 4.78 is 1.09. The van der Waals surface area contributed by atoms with Crippen molar-refractivity contribution in [1.82, 2.24) is 25.5 Å². The first-order valence-electron chi connectivity index (χ1n) is 7.80. The van der Waals surface area contributed by atoms with Crippen LogP contribution in [0.4, 0.5) is 0 Å². The van der Waals surface area contributed by atoms with Crippen molar-refractivity contribution >= 4 is 21.6 Å². The standard InChI is InChI=1S/C18H17N5S/c1-12-14(9-21-23-12)16-7-15-17(24-16)10-20-18(22-15)11-19-8-13-5-3-2-4-6-13/h2-7,9-10,19H,8,11H2,1H3,(H,21,23). The monoisotopic (exact) mass is 335 g/mol. The van der Waals surface area contributed by atoms with Gasteiger partial charge in [-0.3, -0.25) is 5.10 Å². The molecule has 0 bridgehead atoms. The highest BCUT2D eigenvalue weighted by Gasteiger charge is 2.10. The van der Waals surface area contributed by atoms with Crippen LogP contribution in [0.5, 0.6) is 0 Å². The molecule has 0 radical (unpaired) electrons. The minimum absolute atomic E-state index is 0.654. The van der Waals surface area contributed by atoms with E-state index in [1.165, 1.54) is 10.4 Å². The van der Waals surface area contributed by atoms with E-state index >= 15 is 0 Å². The number of H-pyrrole nitrogens is 1. The third-order valence-corrected chi connectivity index (χ3v) is 4.96. The lowest BCUT2D eigenvalue weighted by molar-refractivity contribution is 0.665. The minimum atomic E-state index is 0.654. The number of nitrogens with zero attached hydrogens (tertiary/aromatic N) is 3. The number of aryl methyl sites for hydroxylation is 1. The molecule has 4 rings (SSSR count). The number of hydrogen-bond donors (Lipinski definition) is 2. The summed E-state index contributed by atoms with van der Waals surface area (Å²) >= 11 is 1.69. The van der Waals surface area contributed by atoms with Gasteiger partial charge in [0.25, 0.3) is 0 Å². The number of thiophene rings is 1. The Kier molecular flexibility index (Phi) is 4.06. The van der Waals surface area contributed by atoms with Crippen molar-refractivity contribution in [2.75, 3.05) is 0 Å². The number of rotatable bonds is 5. The lowest BCUT2D eigenvalue weighted by Gasteiger charge is -2.03. The van der Waals surface area contributed by atoms with Crippen LogP contribution in [0, 0.1) is 6.92 Å². The van der Waals surface area contributed by atoms with Crippen molar-refractivity contribution in [2.45, 2.75) is 20.0 Å². The number of hydrogen-bond acceptors (Lipinski definition) is 5. The van der Waals surface area contributed by atoms with Crippen LogP contribution in [0.3, 0.4) is 0 Å². The van der Waals surface area contributed by atoms with Crippen molar-refractivity contribution in [2.24, 2.45) is 0 Å². The van der Waals surface area contributed by atoms with Gasteiger partial charge in [-0.15, -0.1) is 11.3 Å². The molecule has 24 heavy (non-hydrogen) atoms. The summed E-state index contributed by atoms with van der Waals surface area (Å²) in [5.41, 5.74) is 4.44. The van der Waals surface area contributed by atoms with Gasteiger partial charge < -0.3 is 5.32 Å². The zero-order valence-electron chi connectivity index (χ0n) is 13.3. The summed E-state index contributed by atoms with van der Waals surface area (Å²) in [5, 5.41) is 10.5. The Hall–Kier alpha value is -2.57. The SMILES string of the molecule is Cc1[nH]ncc1-c1cc2nc(CNCc3ccccc3)ncc2s1. The molecule has 0 saturated carbocycles. The molecule has 0 atom stereocenters. The molecule has 3 aromatic heterocycles. The summed E-state index contributed by atoms with van der Waals surface area (Å²) in [7, 11) is 0. The number of fused-ring (bicyclic) bond motifs is 1. The van der Waals surface area contributed by atoms with Crippen molar-refractivity contribution in [3.8, 4) is 10.4 Å². The number of aromatic nitrogens is 4. The number of benzene rings is 1. The summed E-state index contributed by atoms with van der Waals surface area (Å²) in [6.45, 7) is 3.49. The van der Waals surface area contributed by atoms with E-state index in [0.717, 1.165) is 33.8 Å². The summed E-state index contributed by atoms with van der Waals surface area (Å²) in [5.74, 6) is 0.812. The van der Waals surface area contributed by atoms with Crippen LogP contribution in [-0.4, -0.2) is 20.2 Å². The Morgan fingerprint density at radius 3 is 2.79 bits per heavy atom. The highest BCUT2D eigenvalue weighted by atomic mass is 32.1. The van der Waals surface area contributed by atoms with Crippen molar-refractivity contribution in [3.05, 3.63) is 65.9 Å². The van der Waals surface area contributed by atoms with Gasteiger partial charge in [0.15, 0.2) is 0 Å². The fraction of sp³-hybridized carbons (Fsp3) is 0.167. The minimum Gasteiger partial charge on any atom is -0.306 e. The Morgan fingerprint density at radius 2 is 2.00 bits per heavy atom. The smallest absolute Gasteiger partial charge is 0.142 e. The normalized spacial score (nSPS) is 11.2. The third-order valence-electron chi connectivity index (χ3n) is 3.87. The molecular weight excluding hydrogens is 318 g/mol. The average Bonchev–Trinajstić information content (AvgIpc) is 3.21. The Morgan fingerprint density at radius 1 is 1.12 bits per heavy atom. The van der Waals surface area contributed by atoms with E-state index in [1.807, 2.05) is 37.5 Å². The summed E-state index contributed by atoms with van der Waals surface area (Å²) in [4.78, 5) is 10.3. The molecule has 6 heteroatoms. The first-order chi connectivity index (χ1) is 11.8. The highest BCUT2D eigenvalue weighted by Crippen LogP contribution is 2.33. The zero-order chi connectivity index (χ0) is 16.4. The van der Waals surface area contributed by atoms with E-state index in [-0.39, 0.29) is 0 Å². The second-order valence-corrected chi connectivity index (χ2v) is 6.73. The number of nitrogens with one attached hydrogen (secondary N) is 2. The lowest BCUT2D eigenvalue weighted by Crippen LogP contribution is -2.14. The van der Waals surface area contributed by atoms with E-state index in [0.29, 0.717) is 6.54 Å². The van der Waals surface area contributed by atoms with Crippen LogP contribution in [0.25, 0.3) is 20.7 Å². The van der Waals surface area contributed by atoms with E-state index in [4.69, 9.17) is 0 Å². The molecule has 2 N–H and O–H groups in total. The first-order valence-corrected chi connectivity index (χ1v) is 8.62. The average molecular weight is 335 g/mol. The maximum absolute atomic E-state index is 4.67. The van der Waals surface area contributed by atoms with Crippen LogP contribution in [0.2, 0.25) is 0 Å². The van der Waals surface area contributed by atoms with Crippen molar-refractivity contribution in [3.63, 3.8) is 0 Å². The molecule has 0 aliphatic rings. The predicted molar refractivity (Wildman–Crippen MR) is 96.7 cm³/mol. The van der Waals surface area contributed by atoms with Gasteiger partial charge in [-0.05, 0) is 18.6 Å². The first kappa shape index (κ1) is 15.0. The Balaban J connectivity index is 1.50. The molecule has 0 amide bonds. The van der Waals surface area contributed by atoms with Gasteiger partial charge in [-0.25, -0.2) is 9.97 Å². The lowest BCUT2D eigenvalue weighted by atomic mass is 10.2. The molecule has 4 aromatic rings. The molecule has 0 aliphatic heterocycles. The second kappa shape index (κ2) is 6.51. The molecular formula is C18H17N5S. The van der Waals surface area contributed by atoms with Gasteiger partial charge in [0.2, 0.25) is 0 Å². The van der Waals surface area contributed by atoms with E-state index in [1.54, 1.807) is 11.3 Å². The fourth-order valence-corrected chi connectivity index (χ4v) is 3.65.